The number of rotatable bonds is 7. The van der Waals surface area contributed by atoms with Gasteiger partial charge in [-0.05, 0) is 45.7 Å². The molecule has 5 atom stereocenters. The van der Waals surface area contributed by atoms with E-state index in [1.165, 1.54) is 15.6 Å². The molecule has 0 radical (unpaired) electrons. The Bertz CT molecular complexity index is 1550. The quantitative estimate of drug-likeness (QED) is 0.442. The van der Waals surface area contributed by atoms with Gasteiger partial charge in [0.2, 0.25) is 0 Å². The molecule has 1 aliphatic heterocycles. The molecule has 2 N–H and O–H groups in total. The smallest absolute Gasteiger partial charge is 0.414 e. The van der Waals surface area contributed by atoms with Crippen LogP contribution in [-0.4, -0.2) is 76.3 Å². The Kier molecular flexibility index (Phi) is 6.73. The first-order valence-electron chi connectivity index (χ1n) is 13.8. The number of carbonyl (C=O) groups excluding carboxylic acids is 2. The number of methoxy groups -OCH3 is 1. The van der Waals surface area contributed by atoms with Crippen molar-refractivity contribution in [1.82, 2.24) is 24.5 Å². The van der Waals surface area contributed by atoms with Crippen LogP contribution in [0.25, 0.3) is 5.65 Å². The number of hydrogen-bond donors (Lipinski definition) is 2. The minimum atomic E-state index is -0.724. The van der Waals surface area contributed by atoms with E-state index in [9.17, 15) is 14.4 Å². The number of amides is 2. The Morgan fingerprint density at radius 3 is 2.61 bits per heavy atom. The van der Waals surface area contributed by atoms with Crippen molar-refractivity contribution in [2.45, 2.75) is 57.4 Å². The summed E-state index contributed by atoms with van der Waals surface area (Å²) in [6.07, 6.45) is 4.24. The summed E-state index contributed by atoms with van der Waals surface area (Å²) >= 11 is 0. The fourth-order valence-corrected chi connectivity index (χ4v) is 5.60. The topological polar surface area (TPSA) is 141 Å². The number of anilines is 3. The van der Waals surface area contributed by atoms with Crippen LogP contribution < -0.4 is 21.1 Å². The van der Waals surface area contributed by atoms with Crippen LogP contribution in [0.3, 0.4) is 0 Å². The summed E-state index contributed by atoms with van der Waals surface area (Å²) in [5.41, 5.74) is 0.217. The first-order valence-corrected chi connectivity index (χ1v) is 13.8. The van der Waals surface area contributed by atoms with Crippen molar-refractivity contribution < 1.29 is 23.8 Å². The number of ether oxygens (including phenoxy) is 3. The number of nitrogens with one attached hydrogen (secondary N) is 2. The van der Waals surface area contributed by atoms with Gasteiger partial charge in [0.25, 0.3) is 11.5 Å². The van der Waals surface area contributed by atoms with Crippen LogP contribution in [0.4, 0.5) is 22.0 Å². The average molecular weight is 566 g/mol. The number of fused-ring (bicyclic) bond motifs is 2. The van der Waals surface area contributed by atoms with Crippen LogP contribution in [0.15, 0.2) is 35.4 Å². The van der Waals surface area contributed by atoms with Crippen molar-refractivity contribution >= 4 is 34.8 Å². The van der Waals surface area contributed by atoms with E-state index in [1.54, 1.807) is 57.8 Å². The van der Waals surface area contributed by atoms with Gasteiger partial charge in [0.05, 0.1) is 37.2 Å². The third kappa shape index (κ3) is 5.04. The second-order valence-corrected chi connectivity index (χ2v) is 11.9. The maximum atomic E-state index is 13.4. The summed E-state index contributed by atoms with van der Waals surface area (Å²) in [5.74, 6) is 0.589. The lowest BCUT2D eigenvalue weighted by Crippen LogP contribution is -2.51. The van der Waals surface area contributed by atoms with E-state index in [-0.39, 0.29) is 46.8 Å². The minimum Gasteiger partial charge on any atom is -0.443 e. The molecule has 218 valence electrons. The highest BCUT2D eigenvalue weighted by Crippen LogP contribution is 2.53. The van der Waals surface area contributed by atoms with Gasteiger partial charge in [-0.25, -0.2) is 14.3 Å². The fraction of sp³-hybridized carbons (Fsp3) is 0.536. The predicted octanol–water partition coefficient (Wildman–Crippen LogP) is 2.73. The molecule has 1 unspecified atom stereocenters. The van der Waals surface area contributed by atoms with Gasteiger partial charge in [0.15, 0.2) is 17.2 Å². The van der Waals surface area contributed by atoms with E-state index in [4.69, 9.17) is 14.2 Å². The largest absolute Gasteiger partial charge is 0.443 e. The molecule has 0 aromatic carbocycles. The van der Waals surface area contributed by atoms with Crippen molar-refractivity contribution in [2.75, 3.05) is 37.6 Å². The lowest BCUT2D eigenvalue weighted by molar-refractivity contribution is 0.00718. The zero-order valence-corrected chi connectivity index (χ0v) is 23.8. The van der Waals surface area contributed by atoms with Crippen molar-refractivity contribution in [3.05, 3.63) is 46.6 Å². The van der Waals surface area contributed by atoms with Gasteiger partial charge >= 0.3 is 6.09 Å². The number of nitrogens with zero attached hydrogens (tertiary/aromatic N) is 5. The van der Waals surface area contributed by atoms with Gasteiger partial charge in [-0.2, -0.15) is 0 Å². The van der Waals surface area contributed by atoms with Crippen molar-refractivity contribution in [3.8, 4) is 0 Å². The van der Waals surface area contributed by atoms with Crippen molar-refractivity contribution in [2.24, 2.45) is 11.8 Å². The fourth-order valence-electron chi connectivity index (χ4n) is 5.60. The standard InChI is InChI=1S/C28H35N7O6/c1-28(2,3)41-27(38)33(4)19-11-22(30-18-7-6-10-34(26(18)37)23-15-13-40-14-16(15)23)32-35-20(12-29-24(19)35)25(36)31-17-8-9-21(17)39-5/h6-7,10-12,15-17,21,23H,8-9,13-14H2,1-5H3,(H,30,32)(H,31,36)/t15-,16+,17-,21-,23?/m0/s1. The first-order chi connectivity index (χ1) is 19.6. The molecule has 0 bridgehead atoms. The van der Waals surface area contributed by atoms with E-state index in [0.29, 0.717) is 36.4 Å². The molecule has 3 aliphatic rings. The first kappa shape index (κ1) is 27.2. The summed E-state index contributed by atoms with van der Waals surface area (Å²) in [5, 5.41) is 10.7. The van der Waals surface area contributed by atoms with Crippen molar-refractivity contribution in [1.29, 1.82) is 0 Å². The number of imidazole rings is 1. The Morgan fingerprint density at radius 1 is 1.20 bits per heavy atom. The second kappa shape index (κ2) is 10.1. The molecule has 13 heteroatoms. The zero-order valence-electron chi connectivity index (χ0n) is 23.8. The van der Waals surface area contributed by atoms with Crippen LogP contribution in [0, 0.1) is 11.8 Å². The maximum Gasteiger partial charge on any atom is 0.414 e. The van der Waals surface area contributed by atoms with Crippen LogP contribution in [-0.2, 0) is 14.2 Å². The van der Waals surface area contributed by atoms with Crippen molar-refractivity contribution in [3.63, 3.8) is 0 Å². The van der Waals surface area contributed by atoms with Gasteiger partial charge in [-0.15, -0.1) is 5.10 Å². The van der Waals surface area contributed by atoms with E-state index >= 15 is 0 Å². The molecule has 3 aromatic rings. The minimum absolute atomic E-state index is 0.0463. The second-order valence-electron chi connectivity index (χ2n) is 11.9. The Labute approximate surface area is 236 Å². The highest BCUT2D eigenvalue weighted by molar-refractivity contribution is 5.96. The van der Waals surface area contributed by atoms with E-state index in [2.05, 4.69) is 20.7 Å². The van der Waals surface area contributed by atoms with E-state index < -0.39 is 11.7 Å². The third-order valence-corrected chi connectivity index (χ3v) is 8.01. The molecule has 2 saturated carbocycles. The van der Waals surface area contributed by atoms with Crippen LogP contribution >= 0.6 is 0 Å². The normalized spacial score (nSPS) is 24.9. The number of hydrogen-bond acceptors (Lipinski definition) is 9. The summed E-state index contributed by atoms with van der Waals surface area (Å²) in [6, 6.07) is 5.11. The molecule has 2 aliphatic carbocycles. The molecule has 1 saturated heterocycles. The van der Waals surface area contributed by atoms with Gasteiger partial charge in [0.1, 0.15) is 11.3 Å². The Hall–Kier alpha value is -3.97. The Morgan fingerprint density at radius 2 is 1.95 bits per heavy atom. The third-order valence-electron chi connectivity index (χ3n) is 8.01. The average Bonchev–Trinajstić information content (AvgIpc) is 3.21. The monoisotopic (exact) mass is 565 g/mol. The summed E-state index contributed by atoms with van der Waals surface area (Å²) in [7, 11) is 3.18. The van der Waals surface area contributed by atoms with Gasteiger partial charge in [-0.3, -0.25) is 14.5 Å². The summed E-state index contributed by atoms with van der Waals surface area (Å²) < 4.78 is 19.6. The van der Waals surface area contributed by atoms with Gasteiger partial charge in [0, 0.05) is 44.3 Å². The van der Waals surface area contributed by atoms with Crippen LogP contribution in [0.1, 0.15) is 50.1 Å². The number of carbonyl (C=O) groups is 2. The zero-order chi connectivity index (χ0) is 29.1. The number of pyridine rings is 1. The van der Waals surface area contributed by atoms with Crippen LogP contribution in [0.5, 0.6) is 0 Å². The van der Waals surface area contributed by atoms with Gasteiger partial charge < -0.3 is 29.4 Å². The molecule has 6 rings (SSSR count). The lowest BCUT2D eigenvalue weighted by atomic mass is 9.89. The lowest BCUT2D eigenvalue weighted by Gasteiger charge is -2.35. The summed E-state index contributed by atoms with van der Waals surface area (Å²) in [6.45, 7) is 6.66. The molecule has 3 fully saturated rings. The van der Waals surface area contributed by atoms with Gasteiger partial charge in [-0.1, -0.05) is 0 Å². The summed E-state index contributed by atoms with van der Waals surface area (Å²) in [4.78, 5) is 45.5. The highest BCUT2D eigenvalue weighted by atomic mass is 16.6. The molecule has 4 heterocycles. The molecular weight excluding hydrogens is 530 g/mol. The molecule has 2 amide bonds. The molecule has 3 aromatic heterocycles. The SMILES string of the molecule is CO[C@H]1CC[C@@H]1NC(=O)c1cnc2c(N(C)C(=O)OC(C)(C)C)cc(Nc3cccn(C4[C@H]5COC[C@@H]45)c3=O)nn12. The Balaban J connectivity index is 1.36. The number of aromatic nitrogens is 4. The molecule has 0 spiro atoms. The molecule has 41 heavy (non-hydrogen) atoms. The highest BCUT2D eigenvalue weighted by Gasteiger charge is 2.55. The predicted molar refractivity (Wildman–Crippen MR) is 150 cm³/mol. The van der Waals surface area contributed by atoms with E-state index in [1.807, 2.05) is 6.07 Å². The van der Waals surface area contributed by atoms with Crippen LogP contribution in [0.2, 0.25) is 0 Å². The van der Waals surface area contributed by atoms with E-state index in [0.717, 1.165) is 12.8 Å². The molecular formula is C28H35N7O6. The maximum absolute atomic E-state index is 13.4. The molecule has 13 nitrogen and oxygen atoms in total.